The molecule has 0 fully saturated rings. The normalized spacial score (nSPS) is 8.28. The van der Waals surface area contributed by atoms with Crippen molar-refractivity contribution in [2.75, 3.05) is 39.3 Å². The molecule has 0 spiro atoms. The van der Waals surface area contributed by atoms with Crippen molar-refractivity contribution in [3.63, 3.8) is 0 Å². The second kappa shape index (κ2) is 30.4. The first-order chi connectivity index (χ1) is 7.74. The van der Waals surface area contributed by atoms with Crippen LogP contribution in [0, 0.1) is 0 Å². The molecule has 0 saturated carbocycles. The maximum atomic E-state index is 8.55. The van der Waals surface area contributed by atoms with Crippen LogP contribution < -0.4 is 14.7 Å². The molecule has 6 N–H and O–H groups in total. The third-order valence-electron chi connectivity index (χ3n) is 0.375. The Hall–Kier alpha value is 0.402. The van der Waals surface area contributed by atoms with Crippen molar-refractivity contribution in [2.45, 2.75) is 0 Å². The van der Waals surface area contributed by atoms with Crippen LogP contribution in [0.15, 0.2) is 0 Å². The Bertz CT molecular complexity index is 128. The molecule has 0 unspecified atom stereocenters. The zero-order valence-electron chi connectivity index (χ0n) is 9.73. The van der Waals surface area contributed by atoms with Crippen molar-refractivity contribution in [3.8, 4) is 0 Å². The standard InChI is InChI=1S/3C2H6N2.Cr.H3O4P/c3*3-1-2-4;;1-5(2,3)4/h3*3-4H,1-2H2;;(H3,1,2,3,4)/q3*-2;+3;/p-3. The summed E-state index contributed by atoms with van der Waals surface area (Å²) < 4.78 is 8.55. The molecule has 0 aromatic carbocycles. The van der Waals surface area contributed by atoms with Gasteiger partial charge in [-0.15, -0.1) is 0 Å². The van der Waals surface area contributed by atoms with E-state index >= 15 is 0 Å². The van der Waals surface area contributed by atoms with Gasteiger partial charge in [-0.2, -0.15) is 47.1 Å². The summed E-state index contributed by atoms with van der Waals surface area (Å²) in [5.41, 5.74) is 37.6. The molecule has 10 nitrogen and oxygen atoms in total. The van der Waals surface area contributed by atoms with E-state index < -0.39 is 7.82 Å². The third-order valence-corrected chi connectivity index (χ3v) is 0.375. The number of hydrogen-bond acceptors (Lipinski definition) is 4. The SMILES string of the molecule is O=P([O-])([O-])[O-].[Cr+3].[NH-]CC[NH-].[NH-]CC[NH-].[NH-]CC[NH-]. The smallest absolute Gasteiger partial charge is 0.822 e. The first-order valence-electron chi connectivity index (χ1n) is 4.35. The summed E-state index contributed by atoms with van der Waals surface area (Å²) in [4.78, 5) is 25.6. The van der Waals surface area contributed by atoms with Crippen LogP contribution in [0.4, 0.5) is 0 Å². The number of phosphoric acid groups is 1. The Morgan fingerprint density at radius 1 is 0.611 bits per heavy atom. The minimum Gasteiger partial charge on any atom is -0.822 e. The summed E-state index contributed by atoms with van der Waals surface area (Å²) in [6.07, 6.45) is 0. The summed E-state index contributed by atoms with van der Waals surface area (Å²) in [6, 6.07) is 0. The average Bonchev–Trinajstić information content (AvgIpc) is 2.27. The predicted octanol–water partition coefficient (Wildman–Crippen LogP) is 0.445. The van der Waals surface area contributed by atoms with Crippen molar-refractivity contribution in [2.24, 2.45) is 0 Å². The van der Waals surface area contributed by atoms with Crippen LogP contribution in [0.3, 0.4) is 0 Å². The van der Waals surface area contributed by atoms with Crippen molar-refractivity contribution in [3.05, 3.63) is 34.4 Å². The zero-order chi connectivity index (χ0) is 14.7. The molecule has 0 bridgehead atoms. The van der Waals surface area contributed by atoms with Crippen LogP contribution in [0.1, 0.15) is 0 Å². The Balaban J connectivity index is -0.0000000412. The molecule has 18 heavy (non-hydrogen) atoms. The largest absolute Gasteiger partial charge is 3.00 e. The first kappa shape index (κ1) is 31.0. The van der Waals surface area contributed by atoms with E-state index in [9.17, 15) is 0 Å². The van der Waals surface area contributed by atoms with E-state index in [4.69, 9.17) is 53.6 Å². The average molecular weight is 321 g/mol. The number of rotatable bonds is 3. The predicted molar refractivity (Wildman–Crippen MR) is 62.7 cm³/mol. The Morgan fingerprint density at radius 2 is 0.667 bits per heavy atom. The van der Waals surface area contributed by atoms with Crippen LogP contribution in [0.25, 0.3) is 34.4 Å². The van der Waals surface area contributed by atoms with Crippen molar-refractivity contribution >= 4 is 7.82 Å². The van der Waals surface area contributed by atoms with E-state index in [0.717, 1.165) is 0 Å². The van der Waals surface area contributed by atoms with Gasteiger partial charge in [0.15, 0.2) is 0 Å². The van der Waals surface area contributed by atoms with Crippen LogP contribution in [0.2, 0.25) is 0 Å². The molecule has 12 heteroatoms. The van der Waals surface area contributed by atoms with Gasteiger partial charge in [-0.1, -0.05) is 0 Å². The molecule has 113 valence electrons. The minimum atomic E-state index is -5.39. The Kier molecular flexibility index (Phi) is 52.5. The van der Waals surface area contributed by atoms with Gasteiger partial charge in [-0.3, -0.25) is 0 Å². The molecule has 0 aliphatic rings. The molecular formula is C6H18CrN6O4P-6. The summed E-state index contributed by atoms with van der Waals surface area (Å²) in [6.45, 7) is 1.42. The molecule has 0 rings (SSSR count). The summed E-state index contributed by atoms with van der Waals surface area (Å²) >= 11 is 0. The van der Waals surface area contributed by atoms with Crippen LogP contribution >= 0.6 is 7.82 Å². The quantitative estimate of drug-likeness (QED) is 0.673. The fourth-order valence-electron chi connectivity index (χ4n) is 0. The summed E-state index contributed by atoms with van der Waals surface area (Å²) in [5, 5.41) is 0. The van der Waals surface area contributed by atoms with E-state index in [-0.39, 0.29) is 56.6 Å². The van der Waals surface area contributed by atoms with Gasteiger partial charge in [-0.25, -0.2) is 0 Å². The number of hydrogen-bond donors (Lipinski definition) is 0. The second-order valence-corrected chi connectivity index (χ2v) is 2.84. The third kappa shape index (κ3) is 336. The maximum absolute atomic E-state index is 8.55. The molecule has 1 radical (unpaired) electrons. The van der Waals surface area contributed by atoms with Crippen molar-refractivity contribution < 1.29 is 36.6 Å². The molecule has 0 saturated heterocycles. The summed E-state index contributed by atoms with van der Waals surface area (Å²) in [7, 11) is -5.39. The van der Waals surface area contributed by atoms with Gasteiger partial charge >= 0.3 is 17.4 Å². The molecule has 0 aliphatic heterocycles. The van der Waals surface area contributed by atoms with E-state index in [2.05, 4.69) is 0 Å². The minimum absolute atomic E-state index is 0. The van der Waals surface area contributed by atoms with Gasteiger partial charge in [0.25, 0.3) is 0 Å². The van der Waals surface area contributed by atoms with E-state index in [1.807, 2.05) is 0 Å². The van der Waals surface area contributed by atoms with Gasteiger partial charge in [0, 0.05) is 0 Å². The molecule has 0 aliphatic carbocycles. The summed E-state index contributed by atoms with van der Waals surface area (Å²) in [5.74, 6) is 0. The molecule has 0 atom stereocenters. The van der Waals surface area contributed by atoms with Gasteiger partial charge in [-0.05, 0) is 0 Å². The Labute approximate surface area is 118 Å². The fourth-order valence-corrected chi connectivity index (χ4v) is 0. The fraction of sp³-hybridized carbons (Fsp3) is 1.00. The first-order valence-corrected chi connectivity index (χ1v) is 5.81. The van der Waals surface area contributed by atoms with Crippen LogP contribution in [-0.4, -0.2) is 39.3 Å². The molecule has 0 heterocycles. The number of nitrogens with one attached hydrogen (secondary N) is 6. The zero-order valence-corrected chi connectivity index (χ0v) is 11.9. The van der Waals surface area contributed by atoms with Gasteiger partial charge < -0.3 is 53.6 Å². The van der Waals surface area contributed by atoms with Gasteiger partial charge in [0.05, 0.1) is 0 Å². The molecule has 0 aromatic rings. The maximum Gasteiger partial charge on any atom is 3.00 e. The van der Waals surface area contributed by atoms with E-state index in [1.165, 1.54) is 0 Å². The van der Waals surface area contributed by atoms with Gasteiger partial charge in [0.2, 0.25) is 0 Å². The molecular weight excluding hydrogens is 303 g/mol. The monoisotopic (exact) mass is 321 g/mol. The van der Waals surface area contributed by atoms with Gasteiger partial charge in [0.1, 0.15) is 0 Å². The Morgan fingerprint density at radius 3 is 0.667 bits per heavy atom. The van der Waals surface area contributed by atoms with E-state index in [0.29, 0.717) is 0 Å². The van der Waals surface area contributed by atoms with Crippen molar-refractivity contribution in [1.82, 2.24) is 0 Å². The van der Waals surface area contributed by atoms with Crippen molar-refractivity contribution in [1.29, 1.82) is 0 Å². The molecule has 0 aromatic heterocycles. The second-order valence-electron chi connectivity index (χ2n) is 1.95. The van der Waals surface area contributed by atoms with Crippen LogP contribution in [-0.2, 0) is 21.9 Å². The van der Waals surface area contributed by atoms with E-state index in [1.54, 1.807) is 0 Å². The molecule has 0 amide bonds. The topological polar surface area (TPSA) is 229 Å². The van der Waals surface area contributed by atoms with Crippen LogP contribution in [0.5, 0.6) is 0 Å².